The van der Waals surface area contributed by atoms with Crippen LogP contribution >= 0.6 is 11.6 Å². The highest BCUT2D eigenvalue weighted by molar-refractivity contribution is 6.30. The summed E-state index contributed by atoms with van der Waals surface area (Å²) < 4.78 is 4.98. The van der Waals surface area contributed by atoms with Gasteiger partial charge in [0.05, 0.1) is 0 Å². The highest BCUT2D eigenvalue weighted by Gasteiger charge is 2.16. The van der Waals surface area contributed by atoms with Crippen molar-refractivity contribution in [2.45, 2.75) is 0 Å². The molecule has 0 aliphatic heterocycles. The molecule has 0 radical (unpaired) electrons. The minimum absolute atomic E-state index is 0.0120. The molecule has 0 heterocycles. The number of hydrogen-bond acceptors (Lipinski definition) is 4. The van der Waals surface area contributed by atoms with Crippen molar-refractivity contribution in [1.29, 1.82) is 0 Å². The zero-order valence-corrected chi connectivity index (χ0v) is 13.8. The van der Waals surface area contributed by atoms with Crippen molar-refractivity contribution in [3.05, 3.63) is 71.2 Å². The van der Waals surface area contributed by atoms with Crippen molar-refractivity contribution in [3.8, 4) is 5.75 Å². The third kappa shape index (κ3) is 3.89. The fraction of sp³-hybridized carbons (Fsp3) is 0.0526. The highest BCUT2D eigenvalue weighted by atomic mass is 35.5. The molecular weight excluding hydrogens is 342 g/mol. The lowest BCUT2D eigenvalue weighted by Crippen LogP contribution is -2.20. The molecule has 0 aliphatic carbocycles. The van der Waals surface area contributed by atoms with Gasteiger partial charge < -0.3 is 15.2 Å². The number of anilines is 1. The summed E-state index contributed by atoms with van der Waals surface area (Å²) in [6, 6.07) is 16.8. The van der Waals surface area contributed by atoms with Crippen LogP contribution in [0.25, 0.3) is 10.8 Å². The molecule has 0 saturated heterocycles. The van der Waals surface area contributed by atoms with Gasteiger partial charge in [0.15, 0.2) is 6.61 Å². The first-order valence-electron chi connectivity index (χ1n) is 7.48. The first-order valence-corrected chi connectivity index (χ1v) is 7.85. The topological polar surface area (TPSA) is 75.6 Å². The number of benzene rings is 3. The molecule has 0 aliphatic rings. The van der Waals surface area contributed by atoms with Gasteiger partial charge in [0.25, 0.3) is 5.91 Å². The molecule has 2 N–H and O–H groups in total. The molecule has 3 rings (SSSR count). The van der Waals surface area contributed by atoms with Gasteiger partial charge in [-0.1, -0.05) is 41.9 Å². The van der Waals surface area contributed by atoms with E-state index in [1.165, 1.54) is 6.07 Å². The van der Waals surface area contributed by atoms with Crippen LogP contribution in [-0.4, -0.2) is 23.6 Å². The van der Waals surface area contributed by atoms with Gasteiger partial charge >= 0.3 is 5.97 Å². The van der Waals surface area contributed by atoms with Crippen molar-refractivity contribution in [2.75, 3.05) is 11.9 Å². The fourth-order valence-corrected chi connectivity index (χ4v) is 2.48. The quantitative estimate of drug-likeness (QED) is 0.694. The number of esters is 1. The zero-order chi connectivity index (χ0) is 17.8. The lowest BCUT2D eigenvalue weighted by molar-refractivity contribution is -0.119. The number of carbonyl (C=O) groups is 2. The van der Waals surface area contributed by atoms with Crippen LogP contribution in [-0.2, 0) is 9.53 Å². The van der Waals surface area contributed by atoms with Crippen LogP contribution in [0, 0.1) is 0 Å². The van der Waals surface area contributed by atoms with Crippen molar-refractivity contribution in [2.24, 2.45) is 0 Å². The predicted molar refractivity (Wildman–Crippen MR) is 96.0 cm³/mol. The first kappa shape index (κ1) is 16.8. The van der Waals surface area contributed by atoms with E-state index in [-0.39, 0.29) is 11.3 Å². The number of hydrogen-bond donors (Lipinski definition) is 2. The molecule has 126 valence electrons. The molecule has 3 aromatic rings. The number of aromatic hydroxyl groups is 1. The Morgan fingerprint density at radius 2 is 1.72 bits per heavy atom. The van der Waals surface area contributed by atoms with E-state index in [1.807, 2.05) is 12.1 Å². The Morgan fingerprint density at radius 1 is 1.00 bits per heavy atom. The molecule has 3 aromatic carbocycles. The molecule has 5 nitrogen and oxygen atoms in total. The Kier molecular flexibility index (Phi) is 4.86. The molecule has 0 saturated carbocycles. The van der Waals surface area contributed by atoms with Gasteiger partial charge in [0, 0.05) is 16.1 Å². The maximum absolute atomic E-state index is 12.1. The van der Waals surface area contributed by atoms with Crippen molar-refractivity contribution in [3.63, 3.8) is 0 Å². The van der Waals surface area contributed by atoms with Gasteiger partial charge in [-0.05, 0) is 35.7 Å². The number of carbonyl (C=O) groups excluding carboxylic acids is 2. The molecule has 0 bridgehead atoms. The normalized spacial score (nSPS) is 10.4. The molecule has 0 spiro atoms. The second kappa shape index (κ2) is 7.23. The summed E-state index contributed by atoms with van der Waals surface area (Å²) in [5.41, 5.74) is 0.553. The average Bonchev–Trinajstić information content (AvgIpc) is 2.62. The third-order valence-electron chi connectivity index (χ3n) is 3.58. The van der Waals surface area contributed by atoms with Gasteiger partial charge in [0.1, 0.15) is 11.3 Å². The molecule has 25 heavy (non-hydrogen) atoms. The Balaban J connectivity index is 1.65. The Morgan fingerprint density at radius 3 is 2.48 bits per heavy atom. The summed E-state index contributed by atoms with van der Waals surface area (Å²) in [7, 11) is 0. The summed E-state index contributed by atoms with van der Waals surface area (Å²) in [6.07, 6.45) is 0. The molecule has 1 amide bonds. The van der Waals surface area contributed by atoms with Crippen molar-refractivity contribution >= 4 is 39.9 Å². The van der Waals surface area contributed by atoms with Gasteiger partial charge in [-0.25, -0.2) is 4.79 Å². The zero-order valence-electron chi connectivity index (χ0n) is 13.0. The van der Waals surface area contributed by atoms with E-state index < -0.39 is 18.5 Å². The molecule has 0 aromatic heterocycles. The van der Waals surface area contributed by atoms with E-state index in [0.29, 0.717) is 16.1 Å². The Hall–Kier alpha value is -3.05. The first-order chi connectivity index (χ1) is 12.0. The fourth-order valence-electron chi connectivity index (χ4n) is 2.36. The number of amides is 1. The summed E-state index contributed by atoms with van der Waals surface area (Å²) in [5, 5.41) is 14.7. The molecule has 6 heteroatoms. The second-order valence-corrected chi connectivity index (χ2v) is 5.75. The van der Waals surface area contributed by atoms with E-state index in [0.717, 1.165) is 5.39 Å². The number of rotatable bonds is 4. The highest BCUT2D eigenvalue weighted by Crippen LogP contribution is 2.28. The number of phenols is 1. The van der Waals surface area contributed by atoms with Crippen LogP contribution in [0.1, 0.15) is 10.4 Å². The van der Waals surface area contributed by atoms with Gasteiger partial charge in [-0.15, -0.1) is 0 Å². The lowest BCUT2D eigenvalue weighted by Gasteiger charge is -2.09. The van der Waals surface area contributed by atoms with Gasteiger partial charge in [0.2, 0.25) is 0 Å². The largest absolute Gasteiger partial charge is 0.506 e. The second-order valence-electron chi connectivity index (χ2n) is 5.31. The number of nitrogens with one attached hydrogen (secondary N) is 1. The number of ether oxygens (including phenoxy) is 1. The van der Waals surface area contributed by atoms with E-state index in [4.69, 9.17) is 16.3 Å². The van der Waals surface area contributed by atoms with Crippen LogP contribution in [0.2, 0.25) is 5.02 Å². The molecular formula is C19H14ClNO4. The van der Waals surface area contributed by atoms with Crippen LogP contribution < -0.4 is 5.32 Å². The summed E-state index contributed by atoms with van der Waals surface area (Å²) >= 11 is 5.77. The Bertz CT molecular complexity index is 938. The third-order valence-corrected chi connectivity index (χ3v) is 3.83. The Labute approximate surface area is 148 Å². The van der Waals surface area contributed by atoms with E-state index in [9.17, 15) is 14.7 Å². The molecule has 0 atom stereocenters. The van der Waals surface area contributed by atoms with Crippen LogP contribution in [0.15, 0.2) is 60.7 Å². The van der Waals surface area contributed by atoms with E-state index in [1.54, 1.807) is 42.5 Å². The van der Waals surface area contributed by atoms with E-state index in [2.05, 4.69) is 5.32 Å². The standard InChI is InChI=1S/C19H14ClNO4/c20-13-6-8-14(9-7-13)21-17(22)11-25-19(24)16-10-5-12-3-1-2-4-15(12)18(16)23/h1-10,23H,11H2,(H,21,22). The van der Waals surface area contributed by atoms with Crippen LogP contribution in [0.5, 0.6) is 5.75 Å². The number of phenolic OH excluding ortho intramolecular Hbond substituents is 1. The summed E-state index contributed by atoms with van der Waals surface area (Å²) in [4.78, 5) is 24.0. The van der Waals surface area contributed by atoms with Gasteiger partial charge in [-0.2, -0.15) is 0 Å². The predicted octanol–water partition coefficient (Wildman–Crippen LogP) is 3.99. The maximum atomic E-state index is 12.1. The minimum Gasteiger partial charge on any atom is -0.506 e. The van der Waals surface area contributed by atoms with E-state index >= 15 is 0 Å². The SMILES string of the molecule is O=C(COC(=O)c1ccc2ccccc2c1O)Nc1ccc(Cl)cc1. The van der Waals surface area contributed by atoms with Crippen molar-refractivity contribution < 1.29 is 19.4 Å². The summed E-state index contributed by atoms with van der Waals surface area (Å²) in [6.45, 7) is -0.465. The average molecular weight is 356 g/mol. The van der Waals surface area contributed by atoms with Crippen LogP contribution in [0.4, 0.5) is 5.69 Å². The maximum Gasteiger partial charge on any atom is 0.342 e. The smallest absolute Gasteiger partial charge is 0.342 e. The molecule has 0 fully saturated rings. The summed E-state index contributed by atoms with van der Waals surface area (Å²) in [5.74, 6) is -1.42. The number of halogens is 1. The van der Waals surface area contributed by atoms with Crippen LogP contribution in [0.3, 0.4) is 0 Å². The molecule has 0 unspecified atom stereocenters. The van der Waals surface area contributed by atoms with Crippen molar-refractivity contribution in [1.82, 2.24) is 0 Å². The minimum atomic E-state index is -0.769. The lowest BCUT2D eigenvalue weighted by atomic mass is 10.1. The number of fused-ring (bicyclic) bond motifs is 1. The van der Waals surface area contributed by atoms with Gasteiger partial charge in [-0.3, -0.25) is 4.79 Å². The monoisotopic (exact) mass is 355 g/mol.